The van der Waals surface area contributed by atoms with Crippen molar-refractivity contribution in [1.82, 2.24) is 5.32 Å². The maximum atomic E-state index is 12.4. The summed E-state index contributed by atoms with van der Waals surface area (Å²) in [6.07, 6.45) is 1.24. The number of anilines is 2. The number of likely N-dealkylation sites (N-methyl/N-ethyl adjacent to an activating group) is 1. The Balaban J connectivity index is 1.85. The second-order valence-electron chi connectivity index (χ2n) is 6.39. The van der Waals surface area contributed by atoms with Gasteiger partial charge in [-0.15, -0.1) is 0 Å². The molecule has 0 aliphatic heterocycles. The molecular weight excluding hydrogens is 326 g/mol. The van der Waals surface area contributed by atoms with Gasteiger partial charge in [-0.05, 0) is 43.2 Å². The first-order valence-electron chi connectivity index (χ1n) is 8.93. The van der Waals surface area contributed by atoms with Crippen molar-refractivity contribution in [1.29, 1.82) is 0 Å². The van der Waals surface area contributed by atoms with Gasteiger partial charge in [-0.2, -0.15) is 0 Å². The van der Waals surface area contributed by atoms with E-state index in [2.05, 4.69) is 10.6 Å². The van der Waals surface area contributed by atoms with Gasteiger partial charge in [0.1, 0.15) is 0 Å². The van der Waals surface area contributed by atoms with Crippen molar-refractivity contribution in [3.05, 3.63) is 60.2 Å². The van der Waals surface area contributed by atoms with Gasteiger partial charge >= 0.3 is 0 Å². The SMILES string of the molecule is CC[C@@H](C)NC(=O)CNc1ccc(CC(=O)N(C)c2ccccc2)cc1. The molecule has 1 atom stereocenters. The summed E-state index contributed by atoms with van der Waals surface area (Å²) in [5, 5.41) is 6.01. The lowest BCUT2D eigenvalue weighted by molar-refractivity contribution is -0.120. The quantitative estimate of drug-likeness (QED) is 0.766. The highest BCUT2D eigenvalue weighted by molar-refractivity contribution is 5.94. The van der Waals surface area contributed by atoms with Crippen LogP contribution in [0.3, 0.4) is 0 Å². The average Bonchev–Trinajstić information content (AvgIpc) is 2.67. The summed E-state index contributed by atoms with van der Waals surface area (Å²) in [4.78, 5) is 25.8. The Morgan fingerprint density at radius 2 is 1.69 bits per heavy atom. The zero-order valence-electron chi connectivity index (χ0n) is 15.7. The van der Waals surface area contributed by atoms with Gasteiger partial charge in [0.2, 0.25) is 11.8 Å². The monoisotopic (exact) mass is 353 g/mol. The van der Waals surface area contributed by atoms with Crippen LogP contribution in [0.15, 0.2) is 54.6 Å². The van der Waals surface area contributed by atoms with E-state index < -0.39 is 0 Å². The molecule has 5 heteroatoms. The summed E-state index contributed by atoms with van der Waals surface area (Å²) in [5.41, 5.74) is 2.67. The Labute approximate surface area is 155 Å². The molecule has 0 aromatic heterocycles. The number of nitrogens with one attached hydrogen (secondary N) is 2. The van der Waals surface area contributed by atoms with Gasteiger partial charge in [-0.3, -0.25) is 9.59 Å². The fraction of sp³-hybridized carbons (Fsp3) is 0.333. The van der Waals surface area contributed by atoms with E-state index in [4.69, 9.17) is 0 Å². The minimum absolute atomic E-state index is 0.0249. The van der Waals surface area contributed by atoms with Crippen LogP contribution >= 0.6 is 0 Å². The van der Waals surface area contributed by atoms with Gasteiger partial charge in [-0.1, -0.05) is 37.3 Å². The summed E-state index contributed by atoms with van der Waals surface area (Å²) >= 11 is 0. The first-order valence-corrected chi connectivity index (χ1v) is 8.93. The molecule has 26 heavy (non-hydrogen) atoms. The fourth-order valence-corrected chi connectivity index (χ4v) is 2.44. The molecule has 0 radical (unpaired) electrons. The van der Waals surface area contributed by atoms with E-state index in [1.54, 1.807) is 11.9 Å². The summed E-state index contributed by atoms with van der Waals surface area (Å²) in [5.74, 6) is 0.00734. The molecule has 2 amide bonds. The third-order valence-corrected chi connectivity index (χ3v) is 4.30. The number of para-hydroxylation sites is 1. The van der Waals surface area contributed by atoms with Crippen LogP contribution in [0.5, 0.6) is 0 Å². The number of rotatable bonds is 8. The summed E-state index contributed by atoms with van der Waals surface area (Å²) in [7, 11) is 1.78. The van der Waals surface area contributed by atoms with Gasteiger partial charge in [0, 0.05) is 24.5 Å². The van der Waals surface area contributed by atoms with E-state index in [-0.39, 0.29) is 24.4 Å². The maximum absolute atomic E-state index is 12.4. The average molecular weight is 353 g/mol. The zero-order chi connectivity index (χ0) is 18.9. The van der Waals surface area contributed by atoms with Crippen LogP contribution < -0.4 is 15.5 Å². The lowest BCUT2D eigenvalue weighted by Crippen LogP contribution is -2.36. The first kappa shape index (κ1) is 19.5. The second kappa shape index (κ2) is 9.61. The lowest BCUT2D eigenvalue weighted by Gasteiger charge is -2.17. The Hall–Kier alpha value is -2.82. The largest absolute Gasteiger partial charge is 0.376 e. The van der Waals surface area contributed by atoms with Crippen molar-refractivity contribution in [3.8, 4) is 0 Å². The van der Waals surface area contributed by atoms with Crippen LogP contribution in [0.2, 0.25) is 0 Å². The van der Waals surface area contributed by atoms with E-state index >= 15 is 0 Å². The van der Waals surface area contributed by atoms with Gasteiger partial charge in [-0.25, -0.2) is 0 Å². The molecular formula is C21H27N3O2. The molecule has 2 aromatic rings. The Bertz CT molecular complexity index is 714. The Morgan fingerprint density at radius 3 is 2.31 bits per heavy atom. The molecule has 0 aliphatic carbocycles. The van der Waals surface area contributed by atoms with Gasteiger partial charge < -0.3 is 15.5 Å². The Morgan fingerprint density at radius 1 is 1.04 bits per heavy atom. The van der Waals surface area contributed by atoms with Crippen LogP contribution in [0.1, 0.15) is 25.8 Å². The van der Waals surface area contributed by atoms with E-state index in [1.807, 2.05) is 68.4 Å². The molecule has 2 N–H and O–H groups in total. The molecule has 0 aliphatic rings. The molecule has 0 bridgehead atoms. The number of carbonyl (C=O) groups is 2. The van der Waals surface area contributed by atoms with Crippen LogP contribution in [0.4, 0.5) is 11.4 Å². The molecule has 0 heterocycles. The van der Waals surface area contributed by atoms with E-state index in [1.165, 1.54) is 0 Å². The topological polar surface area (TPSA) is 61.4 Å². The lowest BCUT2D eigenvalue weighted by atomic mass is 10.1. The third kappa shape index (κ3) is 5.92. The molecule has 5 nitrogen and oxygen atoms in total. The van der Waals surface area contributed by atoms with Crippen molar-refractivity contribution in [2.75, 3.05) is 23.8 Å². The van der Waals surface area contributed by atoms with Gasteiger partial charge in [0.15, 0.2) is 0 Å². The van der Waals surface area contributed by atoms with E-state index in [9.17, 15) is 9.59 Å². The van der Waals surface area contributed by atoms with Crippen LogP contribution in [-0.4, -0.2) is 31.4 Å². The number of hydrogen-bond acceptors (Lipinski definition) is 3. The normalized spacial score (nSPS) is 11.5. The molecule has 0 fully saturated rings. The third-order valence-electron chi connectivity index (χ3n) is 4.30. The highest BCUT2D eigenvalue weighted by Crippen LogP contribution is 2.14. The molecule has 138 valence electrons. The molecule has 2 aromatic carbocycles. The smallest absolute Gasteiger partial charge is 0.239 e. The Kier molecular flexibility index (Phi) is 7.21. The minimum Gasteiger partial charge on any atom is -0.376 e. The van der Waals surface area contributed by atoms with Crippen molar-refractivity contribution >= 4 is 23.2 Å². The standard InChI is InChI=1S/C21H27N3O2/c1-4-16(2)23-20(25)15-22-18-12-10-17(11-13-18)14-21(26)24(3)19-8-6-5-7-9-19/h5-13,16,22H,4,14-15H2,1-3H3,(H,23,25)/t16-/m1/s1. The predicted molar refractivity (Wildman–Crippen MR) is 106 cm³/mol. The van der Waals surface area contributed by atoms with Crippen LogP contribution in [0.25, 0.3) is 0 Å². The van der Waals surface area contributed by atoms with Crippen molar-refractivity contribution in [2.24, 2.45) is 0 Å². The predicted octanol–water partition coefficient (Wildman–Crippen LogP) is 3.22. The molecule has 0 unspecified atom stereocenters. The zero-order valence-corrected chi connectivity index (χ0v) is 15.7. The summed E-state index contributed by atoms with van der Waals surface area (Å²) < 4.78 is 0. The number of benzene rings is 2. The van der Waals surface area contributed by atoms with Crippen molar-refractivity contribution in [3.63, 3.8) is 0 Å². The summed E-state index contributed by atoms with van der Waals surface area (Å²) in [6.45, 7) is 4.25. The molecule has 0 saturated carbocycles. The van der Waals surface area contributed by atoms with Gasteiger partial charge in [0.05, 0.1) is 13.0 Å². The summed E-state index contributed by atoms with van der Waals surface area (Å²) in [6, 6.07) is 17.4. The number of hydrogen-bond donors (Lipinski definition) is 2. The van der Waals surface area contributed by atoms with Crippen LogP contribution in [-0.2, 0) is 16.0 Å². The molecule has 0 spiro atoms. The fourth-order valence-electron chi connectivity index (χ4n) is 2.44. The highest BCUT2D eigenvalue weighted by atomic mass is 16.2. The highest BCUT2D eigenvalue weighted by Gasteiger charge is 2.11. The molecule has 2 rings (SSSR count). The molecule has 0 saturated heterocycles. The van der Waals surface area contributed by atoms with Gasteiger partial charge in [0.25, 0.3) is 0 Å². The first-order chi connectivity index (χ1) is 12.5. The van der Waals surface area contributed by atoms with E-state index in [0.29, 0.717) is 6.42 Å². The maximum Gasteiger partial charge on any atom is 0.239 e. The van der Waals surface area contributed by atoms with Crippen molar-refractivity contribution in [2.45, 2.75) is 32.7 Å². The number of nitrogens with zero attached hydrogens (tertiary/aromatic N) is 1. The van der Waals surface area contributed by atoms with Crippen molar-refractivity contribution < 1.29 is 9.59 Å². The number of amides is 2. The van der Waals surface area contributed by atoms with Crippen LogP contribution in [0, 0.1) is 0 Å². The second-order valence-corrected chi connectivity index (χ2v) is 6.39. The van der Waals surface area contributed by atoms with E-state index in [0.717, 1.165) is 23.4 Å². The minimum atomic E-state index is -0.0249. The number of carbonyl (C=O) groups excluding carboxylic acids is 2.